The van der Waals surface area contributed by atoms with Gasteiger partial charge in [0.15, 0.2) is 0 Å². The van der Waals surface area contributed by atoms with Crippen LogP contribution in [0.1, 0.15) is 44.0 Å². The van der Waals surface area contributed by atoms with Crippen molar-refractivity contribution in [1.29, 1.82) is 0 Å². The molecule has 3 nitrogen and oxygen atoms in total. The second kappa shape index (κ2) is 5.82. The standard InChI is InChI=1S/C17H22ClN3/c1-3-19-16(15-14(18)12-20-21(15)4-2)17(10-11-17)13-8-6-5-7-9-13/h5-9,12,16,19H,3-4,10-11H2,1-2H3. The SMILES string of the molecule is CCNC(c1c(Cl)cnn1CC)C1(c2ccccc2)CC1. The number of aromatic nitrogens is 2. The summed E-state index contributed by atoms with van der Waals surface area (Å²) in [5.74, 6) is 0. The zero-order chi connectivity index (χ0) is 14.9. The zero-order valence-electron chi connectivity index (χ0n) is 12.6. The summed E-state index contributed by atoms with van der Waals surface area (Å²) < 4.78 is 2.03. The maximum Gasteiger partial charge on any atom is 0.0834 e. The predicted octanol–water partition coefficient (Wildman–Crippen LogP) is 3.94. The van der Waals surface area contributed by atoms with Crippen LogP contribution < -0.4 is 5.32 Å². The Morgan fingerprint density at radius 1 is 1.29 bits per heavy atom. The molecular weight excluding hydrogens is 282 g/mol. The van der Waals surface area contributed by atoms with Crippen LogP contribution in [0.5, 0.6) is 0 Å². The number of rotatable bonds is 6. The summed E-state index contributed by atoms with van der Waals surface area (Å²) in [4.78, 5) is 0. The summed E-state index contributed by atoms with van der Waals surface area (Å²) in [6, 6.07) is 11.0. The molecule has 0 saturated heterocycles. The van der Waals surface area contributed by atoms with Gasteiger partial charge in [-0.05, 0) is 31.9 Å². The summed E-state index contributed by atoms with van der Waals surface area (Å²) >= 11 is 6.45. The molecule has 0 bridgehead atoms. The largest absolute Gasteiger partial charge is 0.308 e. The first-order valence-corrected chi connectivity index (χ1v) is 8.11. The van der Waals surface area contributed by atoms with Gasteiger partial charge in [0.25, 0.3) is 0 Å². The van der Waals surface area contributed by atoms with Crippen LogP contribution in [0.15, 0.2) is 36.5 Å². The molecule has 2 aromatic rings. The number of nitrogens with one attached hydrogen (secondary N) is 1. The van der Waals surface area contributed by atoms with E-state index in [2.05, 4.69) is 54.6 Å². The number of likely N-dealkylation sites (N-methyl/N-ethyl adjacent to an activating group) is 1. The van der Waals surface area contributed by atoms with E-state index in [9.17, 15) is 0 Å². The normalized spacial score (nSPS) is 17.7. The van der Waals surface area contributed by atoms with Gasteiger partial charge in [0.1, 0.15) is 0 Å². The van der Waals surface area contributed by atoms with Gasteiger partial charge in [-0.1, -0.05) is 48.9 Å². The van der Waals surface area contributed by atoms with E-state index >= 15 is 0 Å². The second-order valence-corrected chi connectivity index (χ2v) is 6.11. The smallest absolute Gasteiger partial charge is 0.0834 e. The first-order chi connectivity index (χ1) is 10.2. The van der Waals surface area contributed by atoms with Crippen molar-refractivity contribution < 1.29 is 0 Å². The van der Waals surface area contributed by atoms with Gasteiger partial charge in [0, 0.05) is 12.0 Å². The van der Waals surface area contributed by atoms with Gasteiger partial charge in [-0.15, -0.1) is 0 Å². The molecular formula is C17H22ClN3. The predicted molar refractivity (Wildman–Crippen MR) is 86.7 cm³/mol. The molecule has 0 amide bonds. The maximum atomic E-state index is 6.45. The summed E-state index contributed by atoms with van der Waals surface area (Å²) in [7, 11) is 0. The molecule has 1 heterocycles. The average Bonchev–Trinajstić information content (AvgIpc) is 3.24. The highest BCUT2D eigenvalue weighted by Gasteiger charge is 2.52. The first kappa shape index (κ1) is 14.6. The van der Waals surface area contributed by atoms with Crippen LogP contribution in [0, 0.1) is 0 Å². The van der Waals surface area contributed by atoms with Crippen LogP contribution in [-0.2, 0) is 12.0 Å². The summed E-state index contributed by atoms with van der Waals surface area (Å²) in [5, 5.41) is 8.84. The van der Waals surface area contributed by atoms with E-state index in [1.54, 1.807) is 6.20 Å². The molecule has 1 fully saturated rings. The minimum absolute atomic E-state index is 0.161. The molecule has 4 heteroatoms. The third-order valence-corrected chi connectivity index (χ3v) is 4.80. The minimum atomic E-state index is 0.161. The van der Waals surface area contributed by atoms with Crippen LogP contribution >= 0.6 is 11.6 Å². The number of hydrogen-bond donors (Lipinski definition) is 1. The van der Waals surface area contributed by atoms with E-state index < -0.39 is 0 Å². The van der Waals surface area contributed by atoms with E-state index in [-0.39, 0.29) is 11.5 Å². The van der Waals surface area contributed by atoms with E-state index in [4.69, 9.17) is 11.6 Å². The minimum Gasteiger partial charge on any atom is -0.308 e. The zero-order valence-corrected chi connectivity index (χ0v) is 13.4. The van der Waals surface area contributed by atoms with Crippen molar-refractivity contribution >= 4 is 11.6 Å². The van der Waals surface area contributed by atoms with Gasteiger partial charge in [-0.2, -0.15) is 5.10 Å². The van der Waals surface area contributed by atoms with Crippen molar-refractivity contribution in [2.75, 3.05) is 6.54 Å². The molecule has 1 aromatic heterocycles. The molecule has 3 rings (SSSR count). The van der Waals surface area contributed by atoms with E-state index in [0.717, 1.165) is 23.8 Å². The van der Waals surface area contributed by atoms with Crippen molar-refractivity contribution in [3.63, 3.8) is 0 Å². The highest BCUT2D eigenvalue weighted by Crippen LogP contribution is 2.57. The third-order valence-electron chi connectivity index (χ3n) is 4.50. The summed E-state index contributed by atoms with van der Waals surface area (Å²) in [5.41, 5.74) is 2.69. The molecule has 0 radical (unpaired) electrons. The number of nitrogens with zero attached hydrogens (tertiary/aromatic N) is 2. The van der Waals surface area contributed by atoms with Crippen LogP contribution in [0.3, 0.4) is 0 Å². The Kier molecular flexibility index (Phi) is 4.05. The first-order valence-electron chi connectivity index (χ1n) is 7.73. The van der Waals surface area contributed by atoms with E-state index in [1.807, 2.05) is 4.68 Å². The van der Waals surface area contributed by atoms with Crippen molar-refractivity contribution in [2.24, 2.45) is 0 Å². The number of halogens is 1. The van der Waals surface area contributed by atoms with Gasteiger partial charge < -0.3 is 5.32 Å². The molecule has 1 saturated carbocycles. The number of aryl methyl sites for hydroxylation is 1. The highest BCUT2D eigenvalue weighted by atomic mass is 35.5. The Morgan fingerprint density at radius 2 is 2.00 bits per heavy atom. The Labute approximate surface area is 131 Å². The third kappa shape index (κ3) is 2.49. The molecule has 112 valence electrons. The molecule has 1 aliphatic rings. The lowest BCUT2D eigenvalue weighted by Gasteiger charge is -2.29. The van der Waals surface area contributed by atoms with E-state index in [0.29, 0.717) is 0 Å². The summed E-state index contributed by atoms with van der Waals surface area (Å²) in [6.45, 7) is 6.02. The molecule has 1 unspecified atom stereocenters. The highest BCUT2D eigenvalue weighted by molar-refractivity contribution is 6.31. The monoisotopic (exact) mass is 303 g/mol. The Balaban J connectivity index is 2.05. The molecule has 1 aromatic carbocycles. The lowest BCUT2D eigenvalue weighted by atomic mass is 9.86. The van der Waals surface area contributed by atoms with Gasteiger partial charge >= 0.3 is 0 Å². The van der Waals surface area contributed by atoms with Gasteiger partial charge in [-0.25, -0.2) is 0 Å². The van der Waals surface area contributed by atoms with Gasteiger partial charge in [0.2, 0.25) is 0 Å². The molecule has 0 spiro atoms. The molecule has 1 aliphatic carbocycles. The lowest BCUT2D eigenvalue weighted by Crippen LogP contribution is -2.34. The quantitative estimate of drug-likeness (QED) is 0.876. The van der Waals surface area contributed by atoms with Crippen LogP contribution in [-0.4, -0.2) is 16.3 Å². The molecule has 21 heavy (non-hydrogen) atoms. The summed E-state index contributed by atoms with van der Waals surface area (Å²) in [6.07, 6.45) is 4.16. The van der Waals surface area contributed by atoms with Crippen molar-refractivity contribution in [2.45, 2.75) is 44.7 Å². The second-order valence-electron chi connectivity index (χ2n) is 5.71. The van der Waals surface area contributed by atoms with E-state index in [1.165, 1.54) is 18.4 Å². The Hall–Kier alpha value is -1.32. The fourth-order valence-corrected chi connectivity index (χ4v) is 3.57. The van der Waals surface area contributed by atoms with Crippen molar-refractivity contribution in [3.05, 3.63) is 52.8 Å². The maximum absolute atomic E-state index is 6.45. The van der Waals surface area contributed by atoms with Gasteiger partial charge in [-0.3, -0.25) is 4.68 Å². The average molecular weight is 304 g/mol. The van der Waals surface area contributed by atoms with Crippen LogP contribution in [0.4, 0.5) is 0 Å². The molecule has 1 N–H and O–H groups in total. The molecule has 1 atom stereocenters. The van der Waals surface area contributed by atoms with Crippen LogP contribution in [0.2, 0.25) is 5.02 Å². The molecule has 0 aliphatic heterocycles. The Morgan fingerprint density at radius 3 is 2.57 bits per heavy atom. The number of benzene rings is 1. The van der Waals surface area contributed by atoms with Crippen molar-refractivity contribution in [1.82, 2.24) is 15.1 Å². The van der Waals surface area contributed by atoms with Crippen LogP contribution in [0.25, 0.3) is 0 Å². The lowest BCUT2D eigenvalue weighted by molar-refractivity contribution is 0.406. The fourth-order valence-electron chi connectivity index (χ4n) is 3.32. The van der Waals surface area contributed by atoms with Crippen molar-refractivity contribution in [3.8, 4) is 0 Å². The number of hydrogen-bond acceptors (Lipinski definition) is 2. The van der Waals surface area contributed by atoms with Gasteiger partial charge in [0.05, 0.1) is 23.0 Å². The fraction of sp³-hybridized carbons (Fsp3) is 0.471. The topological polar surface area (TPSA) is 29.9 Å². The Bertz CT molecular complexity index is 602.